The lowest BCUT2D eigenvalue weighted by molar-refractivity contribution is 0.370. The molecular formula is C32H66NO3PS2. The van der Waals surface area contributed by atoms with Crippen LogP contribution in [0.4, 0.5) is 0 Å². The zero-order valence-corrected chi connectivity index (χ0v) is 28.1. The summed E-state index contributed by atoms with van der Waals surface area (Å²) in [5, 5.41) is 3.10. The highest BCUT2D eigenvalue weighted by molar-refractivity contribution is 8.11. The van der Waals surface area contributed by atoms with Gasteiger partial charge in [0.1, 0.15) is 4.32 Å². The summed E-state index contributed by atoms with van der Waals surface area (Å²) in [6.07, 6.45) is 39.0. The van der Waals surface area contributed by atoms with Gasteiger partial charge in [-0.3, -0.25) is 4.57 Å². The van der Waals surface area contributed by atoms with E-state index in [0.717, 1.165) is 19.4 Å². The van der Waals surface area contributed by atoms with Gasteiger partial charge in [-0.1, -0.05) is 186 Å². The van der Waals surface area contributed by atoms with Crippen molar-refractivity contribution in [3.63, 3.8) is 0 Å². The van der Waals surface area contributed by atoms with E-state index in [-0.39, 0.29) is 6.16 Å². The van der Waals surface area contributed by atoms with Crippen molar-refractivity contribution in [2.75, 3.05) is 12.7 Å². The number of hydrogen-bond donors (Lipinski definition) is 4. The first kappa shape index (κ1) is 39.4. The summed E-state index contributed by atoms with van der Waals surface area (Å²) < 4.78 is 11.4. The van der Waals surface area contributed by atoms with Gasteiger partial charge in [0.15, 0.2) is 0 Å². The monoisotopic (exact) mass is 607 g/mol. The smallest absolute Gasteiger partial charge is 0.325 e. The van der Waals surface area contributed by atoms with Crippen molar-refractivity contribution in [2.45, 2.75) is 186 Å². The molecule has 0 aromatic rings. The molecule has 0 rings (SSSR count). The Labute approximate surface area is 254 Å². The van der Waals surface area contributed by atoms with Crippen LogP contribution in [-0.4, -0.2) is 26.8 Å². The van der Waals surface area contributed by atoms with Gasteiger partial charge >= 0.3 is 7.60 Å². The Morgan fingerprint density at radius 2 is 0.667 bits per heavy atom. The van der Waals surface area contributed by atoms with Gasteiger partial charge in [0.05, 0.1) is 0 Å². The van der Waals surface area contributed by atoms with E-state index >= 15 is 0 Å². The number of rotatable bonds is 32. The zero-order chi connectivity index (χ0) is 28.7. The maximum Gasteiger partial charge on any atom is 0.325 e. The molecule has 0 saturated carbocycles. The van der Waals surface area contributed by atoms with Crippen LogP contribution in [0.3, 0.4) is 0 Å². The van der Waals surface area contributed by atoms with Crippen molar-refractivity contribution >= 4 is 36.8 Å². The highest BCUT2D eigenvalue weighted by Gasteiger charge is 2.10. The lowest BCUT2D eigenvalue weighted by atomic mass is 10.0. The molecule has 0 aliphatic carbocycles. The quantitative estimate of drug-likeness (QED) is 0.0265. The van der Waals surface area contributed by atoms with E-state index in [4.69, 9.17) is 22.0 Å². The average Bonchev–Trinajstić information content (AvgIpc) is 2.88. The molecule has 0 atom stereocenters. The predicted octanol–water partition coefficient (Wildman–Crippen LogP) is 11.3. The number of thiocarbonyl (C=S) groups is 1. The van der Waals surface area contributed by atoms with Gasteiger partial charge in [0.25, 0.3) is 0 Å². The summed E-state index contributed by atoms with van der Waals surface area (Å²) in [6, 6.07) is 0. The van der Waals surface area contributed by atoms with Crippen LogP contribution in [0.1, 0.15) is 186 Å². The molecule has 3 N–H and O–H groups in total. The average molecular weight is 608 g/mol. The Morgan fingerprint density at radius 3 is 0.872 bits per heavy atom. The topological polar surface area (TPSA) is 69.6 Å². The van der Waals surface area contributed by atoms with Crippen molar-refractivity contribution in [1.82, 2.24) is 5.32 Å². The number of thiol groups is 1. The van der Waals surface area contributed by atoms with Crippen LogP contribution < -0.4 is 5.32 Å². The van der Waals surface area contributed by atoms with Gasteiger partial charge in [-0.25, -0.2) is 0 Å². The maximum atomic E-state index is 10.8. The standard InChI is InChI=1S/C32H66NO3PS2/c34-37(35,36)31-29-27-25-23-21-19-17-15-13-11-9-7-5-3-1-2-4-6-8-10-12-14-16-18-20-22-24-26-28-30-33-32(38)39/h1-31H2,(H2,33,38,39)(H2,34,35,36). The van der Waals surface area contributed by atoms with Crippen molar-refractivity contribution in [1.29, 1.82) is 0 Å². The van der Waals surface area contributed by atoms with E-state index in [9.17, 15) is 4.57 Å². The molecule has 0 aromatic heterocycles. The number of hydrogen-bond acceptors (Lipinski definition) is 2. The van der Waals surface area contributed by atoms with Crippen LogP contribution in [0.15, 0.2) is 0 Å². The summed E-state index contributed by atoms with van der Waals surface area (Å²) in [7, 11) is -3.77. The molecule has 0 bridgehead atoms. The molecule has 0 aliphatic heterocycles. The molecule has 0 aromatic carbocycles. The second-order valence-electron chi connectivity index (χ2n) is 11.9. The fourth-order valence-electron chi connectivity index (χ4n) is 5.41. The summed E-state index contributed by atoms with van der Waals surface area (Å²) >= 11 is 8.97. The SMILES string of the molecule is O=P(O)(O)CCCCCCCCCCCCCCCCCCCCCCCCCCCCCCCNC(=S)S. The largest absolute Gasteiger partial charge is 0.371 e. The van der Waals surface area contributed by atoms with Crippen LogP contribution in [0.2, 0.25) is 0 Å². The molecule has 0 heterocycles. The summed E-state index contributed by atoms with van der Waals surface area (Å²) in [4.78, 5) is 17.7. The molecule has 0 radical (unpaired) electrons. The molecule has 0 amide bonds. The number of unbranched alkanes of at least 4 members (excludes halogenated alkanes) is 28. The zero-order valence-electron chi connectivity index (χ0n) is 25.5. The molecular weight excluding hydrogens is 541 g/mol. The first-order chi connectivity index (χ1) is 18.9. The van der Waals surface area contributed by atoms with Gasteiger partial charge in [-0.2, -0.15) is 0 Å². The minimum atomic E-state index is -3.77. The first-order valence-electron chi connectivity index (χ1n) is 16.9. The van der Waals surface area contributed by atoms with E-state index in [1.54, 1.807) is 0 Å². The molecule has 0 fully saturated rings. The Bertz CT molecular complexity index is 560. The lowest BCUT2D eigenvalue weighted by Crippen LogP contribution is -2.17. The van der Waals surface area contributed by atoms with Gasteiger partial charge in [-0.15, -0.1) is 12.6 Å². The van der Waals surface area contributed by atoms with Crippen LogP contribution in [0.5, 0.6) is 0 Å². The fourth-order valence-corrected chi connectivity index (χ4v) is 6.26. The summed E-state index contributed by atoms with van der Waals surface area (Å²) in [6.45, 7) is 0.976. The highest BCUT2D eigenvalue weighted by Crippen LogP contribution is 2.35. The lowest BCUT2D eigenvalue weighted by Gasteiger charge is -2.05. The Hall–Kier alpha value is 0.390. The summed E-state index contributed by atoms with van der Waals surface area (Å²) in [5.74, 6) is 0. The van der Waals surface area contributed by atoms with Gasteiger partial charge in [-0.05, 0) is 12.8 Å². The van der Waals surface area contributed by atoms with Crippen LogP contribution >= 0.6 is 32.4 Å². The maximum absolute atomic E-state index is 10.8. The highest BCUT2D eigenvalue weighted by atomic mass is 32.1. The fraction of sp³-hybridized carbons (Fsp3) is 0.969. The van der Waals surface area contributed by atoms with E-state index in [0.29, 0.717) is 10.7 Å². The second-order valence-corrected chi connectivity index (χ2v) is 14.8. The van der Waals surface area contributed by atoms with Crippen LogP contribution in [0.25, 0.3) is 0 Å². The normalized spacial score (nSPS) is 11.8. The minimum absolute atomic E-state index is 0.0580. The molecule has 234 valence electrons. The first-order valence-corrected chi connectivity index (χ1v) is 19.6. The second kappa shape index (κ2) is 31.3. The van der Waals surface area contributed by atoms with Gasteiger partial charge in [0.2, 0.25) is 0 Å². The Balaban J connectivity index is 3.06. The molecule has 0 unspecified atom stereocenters. The predicted molar refractivity (Wildman–Crippen MR) is 180 cm³/mol. The Kier molecular flexibility index (Phi) is 31.6. The molecule has 39 heavy (non-hydrogen) atoms. The van der Waals surface area contributed by atoms with Crippen LogP contribution in [0, 0.1) is 0 Å². The third kappa shape index (κ3) is 38.4. The summed E-state index contributed by atoms with van der Waals surface area (Å²) in [5.41, 5.74) is 0. The molecule has 0 aliphatic rings. The van der Waals surface area contributed by atoms with Crippen molar-refractivity contribution in [2.24, 2.45) is 0 Å². The van der Waals surface area contributed by atoms with E-state index in [2.05, 4.69) is 17.9 Å². The number of nitrogens with one attached hydrogen (secondary N) is 1. The van der Waals surface area contributed by atoms with E-state index < -0.39 is 7.60 Å². The van der Waals surface area contributed by atoms with Crippen molar-refractivity contribution < 1.29 is 14.4 Å². The molecule has 0 spiro atoms. The van der Waals surface area contributed by atoms with Crippen molar-refractivity contribution in [3.05, 3.63) is 0 Å². The van der Waals surface area contributed by atoms with E-state index in [1.165, 1.54) is 167 Å². The van der Waals surface area contributed by atoms with Gasteiger partial charge < -0.3 is 15.1 Å². The molecule has 4 nitrogen and oxygen atoms in total. The van der Waals surface area contributed by atoms with E-state index in [1.807, 2.05) is 0 Å². The minimum Gasteiger partial charge on any atom is -0.371 e. The molecule has 0 saturated heterocycles. The third-order valence-electron chi connectivity index (χ3n) is 7.90. The molecule has 7 heteroatoms. The van der Waals surface area contributed by atoms with Gasteiger partial charge in [0, 0.05) is 12.7 Å². The third-order valence-corrected chi connectivity index (χ3v) is 9.10. The Morgan fingerprint density at radius 1 is 0.462 bits per heavy atom. The van der Waals surface area contributed by atoms with Crippen molar-refractivity contribution in [3.8, 4) is 0 Å². The van der Waals surface area contributed by atoms with Crippen LogP contribution in [-0.2, 0) is 4.57 Å².